The highest BCUT2D eigenvalue weighted by molar-refractivity contribution is 4.96. The topological polar surface area (TPSA) is 82.1 Å². The minimum Gasteiger partial charge on any atom is -0.423 e. The van der Waals surface area contributed by atoms with Gasteiger partial charge in [0.05, 0.1) is 25.8 Å². The van der Waals surface area contributed by atoms with E-state index in [0.717, 1.165) is 24.7 Å². The Hall–Kier alpha value is -1.80. The average molecular weight is 334 g/mol. The van der Waals surface area contributed by atoms with Crippen molar-refractivity contribution in [2.45, 2.75) is 59.2 Å². The largest absolute Gasteiger partial charge is 0.423 e. The van der Waals surface area contributed by atoms with Gasteiger partial charge in [-0.15, -0.1) is 10.2 Å². The molecular formula is C16H26N6O2. The van der Waals surface area contributed by atoms with Crippen molar-refractivity contribution in [3.63, 3.8) is 0 Å². The number of hydrogen-bond acceptors (Lipinski definition) is 7. The highest BCUT2D eigenvalue weighted by Crippen LogP contribution is 2.21. The Kier molecular flexibility index (Phi) is 4.69. The Balaban J connectivity index is 1.59. The van der Waals surface area contributed by atoms with Crippen LogP contribution >= 0.6 is 0 Å². The quantitative estimate of drug-likeness (QED) is 0.837. The summed E-state index contributed by atoms with van der Waals surface area (Å²) in [6.45, 7) is 13.8. The fourth-order valence-corrected chi connectivity index (χ4v) is 2.77. The first kappa shape index (κ1) is 17.0. The smallest absolute Gasteiger partial charge is 0.230 e. The van der Waals surface area contributed by atoms with Gasteiger partial charge in [0, 0.05) is 18.5 Å². The van der Waals surface area contributed by atoms with Crippen molar-refractivity contribution in [3.05, 3.63) is 23.4 Å². The summed E-state index contributed by atoms with van der Waals surface area (Å²) in [5.41, 5.74) is -0.124. The summed E-state index contributed by atoms with van der Waals surface area (Å²) in [4.78, 5) is 6.62. The van der Waals surface area contributed by atoms with Gasteiger partial charge >= 0.3 is 0 Å². The first-order chi connectivity index (χ1) is 11.3. The standard InChI is InChI=1S/C16H26N6O2/c1-11-17-12(2)22(20-11)9-13-8-21(6-7-23-13)10-14-18-19-15(24-14)16(3,4)5/h13H,6-10H2,1-5H3/t13-/m0/s1. The molecule has 0 aliphatic carbocycles. The van der Waals surface area contributed by atoms with Crippen LogP contribution in [-0.4, -0.2) is 55.7 Å². The van der Waals surface area contributed by atoms with E-state index in [9.17, 15) is 0 Å². The summed E-state index contributed by atoms with van der Waals surface area (Å²) >= 11 is 0. The lowest BCUT2D eigenvalue weighted by Crippen LogP contribution is -2.44. The van der Waals surface area contributed by atoms with Crippen molar-refractivity contribution >= 4 is 0 Å². The van der Waals surface area contributed by atoms with Crippen molar-refractivity contribution in [2.75, 3.05) is 19.7 Å². The third kappa shape index (κ3) is 3.99. The van der Waals surface area contributed by atoms with E-state index < -0.39 is 0 Å². The van der Waals surface area contributed by atoms with Gasteiger partial charge in [-0.2, -0.15) is 5.10 Å². The molecule has 0 bridgehead atoms. The maximum Gasteiger partial charge on any atom is 0.230 e. The summed E-state index contributed by atoms with van der Waals surface area (Å²) < 4.78 is 13.6. The lowest BCUT2D eigenvalue weighted by Gasteiger charge is -2.32. The SMILES string of the molecule is Cc1nc(C)n(C[C@@H]2CN(Cc3nnc(C(C)(C)C)o3)CCO2)n1. The molecule has 0 spiro atoms. The van der Waals surface area contributed by atoms with Crippen LogP contribution in [-0.2, 0) is 23.2 Å². The van der Waals surface area contributed by atoms with E-state index in [2.05, 4.69) is 46.0 Å². The van der Waals surface area contributed by atoms with Gasteiger partial charge in [-0.1, -0.05) is 20.8 Å². The summed E-state index contributed by atoms with van der Waals surface area (Å²) in [5, 5.41) is 12.7. The van der Waals surface area contributed by atoms with Gasteiger partial charge in [0.15, 0.2) is 0 Å². The van der Waals surface area contributed by atoms with Crippen LogP contribution in [0, 0.1) is 13.8 Å². The lowest BCUT2D eigenvalue weighted by molar-refractivity contribution is -0.0427. The first-order valence-corrected chi connectivity index (χ1v) is 8.36. The van der Waals surface area contributed by atoms with Crippen LogP contribution in [0.1, 0.15) is 44.2 Å². The molecule has 0 unspecified atom stereocenters. The number of aromatic nitrogens is 5. The van der Waals surface area contributed by atoms with E-state index in [1.165, 1.54) is 0 Å². The maximum atomic E-state index is 5.88. The molecule has 132 valence electrons. The molecule has 1 saturated heterocycles. The molecule has 1 fully saturated rings. The van der Waals surface area contributed by atoms with E-state index in [4.69, 9.17) is 9.15 Å². The van der Waals surface area contributed by atoms with Gasteiger partial charge in [0.2, 0.25) is 11.8 Å². The van der Waals surface area contributed by atoms with E-state index in [-0.39, 0.29) is 11.5 Å². The molecule has 0 amide bonds. The highest BCUT2D eigenvalue weighted by Gasteiger charge is 2.25. The molecule has 1 aliphatic rings. The zero-order chi connectivity index (χ0) is 17.3. The molecule has 3 rings (SSSR count). The second-order valence-electron chi connectivity index (χ2n) is 7.37. The number of nitrogens with zero attached hydrogens (tertiary/aromatic N) is 6. The van der Waals surface area contributed by atoms with Crippen LogP contribution < -0.4 is 0 Å². The predicted octanol–water partition coefficient (Wildman–Crippen LogP) is 1.48. The average Bonchev–Trinajstić information content (AvgIpc) is 3.06. The van der Waals surface area contributed by atoms with Gasteiger partial charge in [0.25, 0.3) is 0 Å². The summed E-state index contributed by atoms with van der Waals surface area (Å²) in [5.74, 6) is 3.05. The summed E-state index contributed by atoms with van der Waals surface area (Å²) in [7, 11) is 0. The van der Waals surface area contributed by atoms with Gasteiger partial charge in [-0.25, -0.2) is 9.67 Å². The molecule has 1 atom stereocenters. The van der Waals surface area contributed by atoms with E-state index in [1.807, 2.05) is 18.5 Å². The second-order valence-corrected chi connectivity index (χ2v) is 7.37. The Morgan fingerprint density at radius 2 is 2.00 bits per heavy atom. The number of hydrogen-bond donors (Lipinski definition) is 0. The normalized spacial score (nSPS) is 19.8. The van der Waals surface area contributed by atoms with Gasteiger partial charge in [0.1, 0.15) is 11.6 Å². The Labute approximate surface area is 142 Å². The lowest BCUT2D eigenvalue weighted by atomic mass is 9.97. The highest BCUT2D eigenvalue weighted by atomic mass is 16.5. The van der Waals surface area contributed by atoms with Crippen molar-refractivity contribution in [2.24, 2.45) is 0 Å². The Bertz CT molecular complexity index is 687. The minimum atomic E-state index is -0.124. The third-order valence-electron chi connectivity index (χ3n) is 4.03. The maximum absolute atomic E-state index is 5.88. The molecule has 3 heterocycles. The zero-order valence-electron chi connectivity index (χ0n) is 15.1. The molecule has 0 saturated carbocycles. The Morgan fingerprint density at radius 1 is 1.21 bits per heavy atom. The van der Waals surface area contributed by atoms with E-state index in [0.29, 0.717) is 31.5 Å². The van der Waals surface area contributed by atoms with Gasteiger partial charge in [-0.3, -0.25) is 4.90 Å². The number of ether oxygens (including phenoxy) is 1. The zero-order valence-corrected chi connectivity index (χ0v) is 15.1. The molecular weight excluding hydrogens is 308 g/mol. The van der Waals surface area contributed by atoms with E-state index >= 15 is 0 Å². The molecule has 0 radical (unpaired) electrons. The monoisotopic (exact) mass is 334 g/mol. The van der Waals surface area contributed by atoms with Crippen molar-refractivity contribution in [1.82, 2.24) is 29.9 Å². The second kappa shape index (κ2) is 6.60. The van der Waals surface area contributed by atoms with Crippen LogP contribution in [0.2, 0.25) is 0 Å². The fraction of sp³-hybridized carbons (Fsp3) is 0.750. The molecule has 8 heteroatoms. The van der Waals surface area contributed by atoms with Crippen molar-refractivity contribution < 1.29 is 9.15 Å². The van der Waals surface area contributed by atoms with Crippen molar-refractivity contribution in [1.29, 1.82) is 0 Å². The molecule has 2 aromatic heterocycles. The van der Waals surface area contributed by atoms with Gasteiger partial charge in [-0.05, 0) is 13.8 Å². The fourth-order valence-electron chi connectivity index (χ4n) is 2.77. The molecule has 0 N–H and O–H groups in total. The number of rotatable bonds is 4. The van der Waals surface area contributed by atoms with Crippen LogP contribution in [0.3, 0.4) is 0 Å². The van der Waals surface area contributed by atoms with Gasteiger partial charge < -0.3 is 9.15 Å². The molecule has 2 aromatic rings. The molecule has 8 nitrogen and oxygen atoms in total. The summed E-state index contributed by atoms with van der Waals surface area (Å²) in [6, 6.07) is 0. The first-order valence-electron chi connectivity index (χ1n) is 8.36. The Morgan fingerprint density at radius 3 is 2.62 bits per heavy atom. The van der Waals surface area contributed by atoms with Crippen molar-refractivity contribution in [3.8, 4) is 0 Å². The van der Waals surface area contributed by atoms with Crippen LogP contribution in [0.15, 0.2) is 4.42 Å². The minimum absolute atomic E-state index is 0.0866. The predicted molar refractivity (Wildman–Crippen MR) is 87.5 cm³/mol. The third-order valence-corrected chi connectivity index (χ3v) is 4.03. The number of morpholine rings is 1. The molecule has 1 aliphatic heterocycles. The van der Waals surface area contributed by atoms with Crippen LogP contribution in [0.5, 0.6) is 0 Å². The number of aryl methyl sites for hydroxylation is 2. The molecule has 0 aromatic carbocycles. The van der Waals surface area contributed by atoms with Crippen LogP contribution in [0.25, 0.3) is 0 Å². The van der Waals surface area contributed by atoms with E-state index in [1.54, 1.807) is 0 Å². The summed E-state index contributed by atoms with van der Waals surface area (Å²) in [6.07, 6.45) is 0.0866. The molecule has 24 heavy (non-hydrogen) atoms. The van der Waals surface area contributed by atoms with Crippen LogP contribution in [0.4, 0.5) is 0 Å².